The topological polar surface area (TPSA) is 21.3 Å². The molecule has 112 valence electrons. The lowest BCUT2D eigenvalue weighted by molar-refractivity contribution is 0.477. The first kappa shape index (κ1) is 16.3. The Bertz CT molecular complexity index is 621. The Hall–Kier alpha value is -1.10. The molecule has 1 N–H and O–H groups in total. The van der Waals surface area contributed by atoms with Gasteiger partial charge in [0.1, 0.15) is 17.3 Å². The molecule has 21 heavy (non-hydrogen) atoms. The van der Waals surface area contributed by atoms with E-state index in [-0.39, 0.29) is 5.82 Å². The molecule has 0 radical (unpaired) electrons. The Labute approximate surface area is 137 Å². The minimum Gasteiger partial charge on any atom is -0.455 e. The average Bonchev–Trinajstić information content (AvgIpc) is 2.44. The molecule has 0 aromatic heterocycles. The fraction of sp³-hybridized carbons (Fsp3) is 0.250. The molecule has 0 fully saturated rings. The molecule has 0 bridgehead atoms. The second kappa shape index (κ2) is 7.78. The third kappa shape index (κ3) is 4.70. The van der Waals surface area contributed by atoms with E-state index in [9.17, 15) is 4.39 Å². The number of halogens is 3. The van der Waals surface area contributed by atoms with Crippen molar-refractivity contribution >= 4 is 27.5 Å². The van der Waals surface area contributed by atoms with Gasteiger partial charge in [0.15, 0.2) is 0 Å². The van der Waals surface area contributed by atoms with E-state index >= 15 is 0 Å². The lowest BCUT2D eigenvalue weighted by Gasteiger charge is -2.11. The van der Waals surface area contributed by atoms with Crippen molar-refractivity contribution in [3.05, 3.63) is 57.3 Å². The number of hydrogen-bond donors (Lipinski definition) is 1. The number of nitrogens with one attached hydrogen (secondary N) is 1. The number of hydrogen-bond acceptors (Lipinski definition) is 2. The van der Waals surface area contributed by atoms with Gasteiger partial charge in [-0.15, -0.1) is 0 Å². The van der Waals surface area contributed by atoms with Crippen molar-refractivity contribution in [2.75, 3.05) is 6.54 Å². The predicted octanol–water partition coefficient (Wildman–Crippen LogP) is 5.53. The molecule has 2 aromatic carbocycles. The molecule has 0 heterocycles. The van der Waals surface area contributed by atoms with Crippen LogP contribution in [-0.4, -0.2) is 6.54 Å². The molecular weight excluding hydrogens is 357 g/mol. The van der Waals surface area contributed by atoms with Crippen LogP contribution in [0, 0.1) is 5.82 Å². The first-order chi connectivity index (χ1) is 10.1. The van der Waals surface area contributed by atoms with Crippen molar-refractivity contribution in [2.45, 2.75) is 19.9 Å². The van der Waals surface area contributed by atoms with E-state index in [1.807, 2.05) is 18.2 Å². The number of rotatable bonds is 6. The molecule has 5 heteroatoms. The van der Waals surface area contributed by atoms with Gasteiger partial charge < -0.3 is 10.1 Å². The van der Waals surface area contributed by atoms with Crippen molar-refractivity contribution in [3.8, 4) is 11.5 Å². The van der Waals surface area contributed by atoms with Crippen LogP contribution >= 0.6 is 27.5 Å². The molecule has 0 spiro atoms. The maximum Gasteiger partial charge on any atom is 0.146 e. The van der Waals surface area contributed by atoms with Crippen LogP contribution < -0.4 is 10.1 Å². The Morgan fingerprint density at radius 1 is 1.19 bits per heavy atom. The van der Waals surface area contributed by atoms with Crippen molar-refractivity contribution < 1.29 is 9.13 Å². The van der Waals surface area contributed by atoms with Gasteiger partial charge in [0.25, 0.3) is 0 Å². The van der Waals surface area contributed by atoms with Crippen LogP contribution in [0.15, 0.2) is 40.9 Å². The first-order valence-corrected chi connectivity index (χ1v) is 7.89. The SMILES string of the molecule is CCCNCc1ccc(Oc2ccc(F)cc2Br)c(Cl)c1. The lowest BCUT2D eigenvalue weighted by Crippen LogP contribution is -2.13. The Morgan fingerprint density at radius 3 is 2.62 bits per heavy atom. The summed E-state index contributed by atoms with van der Waals surface area (Å²) in [6.07, 6.45) is 1.09. The van der Waals surface area contributed by atoms with Crippen molar-refractivity contribution in [2.24, 2.45) is 0 Å². The second-order valence-corrected chi connectivity index (χ2v) is 5.88. The third-order valence-electron chi connectivity index (χ3n) is 2.87. The molecule has 0 saturated carbocycles. The smallest absolute Gasteiger partial charge is 0.146 e. The van der Waals surface area contributed by atoms with Gasteiger partial charge >= 0.3 is 0 Å². The van der Waals surface area contributed by atoms with Gasteiger partial charge in [-0.05, 0) is 64.8 Å². The molecule has 2 aromatic rings. The fourth-order valence-electron chi connectivity index (χ4n) is 1.82. The molecule has 0 amide bonds. The lowest BCUT2D eigenvalue weighted by atomic mass is 10.2. The van der Waals surface area contributed by atoms with Gasteiger partial charge in [-0.1, -0.05) is 24.6 Å². The highest BCUT2D eigenvalue weighted by molar-refractivity contribution is 9.10. The number of benzene rings is 2. The zero-order valence-electron chi connectivity index (χ0n) is 11.6. The highest BCUT2D eigenvalue weighted by atomic mass is 79.9. The summed E-state index contributed by atoms with van der Waals surface area (Å²) in [5, 5.41) is 3.84. The van der Waals surface area contributed by atoms with Gasteiger partial charge in [0.2, 0.25) is 0 Å². The summed E-state index contributed by atoms with van der Waals surface area (Å²) >= 11 is 9.50. The summed E-state index contributed by atoms with van der Waals surface area (Å²) in [5.74, 6) is 0.746. The molecule has 0 atom stereocenters. The molecule has 2 nitrogen and oxygen atoms in total. The van der Waals surface area contributed by atoms with Gasteiger partial charge in [0.05, 0.1) is 9.50 Å². The van der Waals surface area contributed by atoms with Crippen molar-refractivity contribution in [1.29, 1.82) is 0 Å². The van der Waals surface area contributed by atoms with E-state index in [2.05, 4.69) is 28.2 Å². The largest absolute Gasteiger partial charge is 0.455 e. The molecule has 0 unspecified atom stereocenters. The van der Waals surface area contributed by atoms with Crippen LogP contribution in [0.4, 0.5) is 4.39 Å². The minimum atomic E-state index is -0.322. The summed E-state index contributed by atoms with van der Waals surface area (Å²) in [6.45, 7) is 3.87. The molecular formula is C16H16BrClFNO. The third-order valence-corrected chi connectivity index (χ3v) is 3.78. The van der Waals surface area contributed by atoms with Crippen LogP contribution in [0.1, 0.15) is 18.9 Å². The average molecular weight is 373 g/mol. The maximum absolute atomic E-state index is 13.0. The van der Waals surface area contributed by atoms with Gasteiger partial charge in [-0.25, -0.2) is 4.39 Å². The van der Waals surface area contributed by atoms with Crippen LogP contribution in [-0.2, 0) is 6.54 Å². The second-order valence-electron chi connectivity index (χ2n) is 4.62. The summed E-state index contributed by atoms with van der Waals surface area (Å²) in [4.78, 5) is 0. The van der Waals surface area contributed by atoms with Crippen LogP contribution in [0.5, 0.6) is 11.5 Å². The first-order valence-electron chi connectivity index (χ1n) is 6.72. The summed E-state index contributed by atoms with van der Waals surface area (Å²) in [6, 6.07) is 9.91. The predicted molar refractivity (Wildman–Crippen MR) is 87.6 cm³/mol. The monoisotopic (exact) mass is 371 g/mol. The van der Waals surface area contributed by atoms with E-state index in [0.717, 1.165) is 25.1 Å². The van der Waals surface area contributed by atoms with Crippen LogP contribution in [0.25, 0.3) is 0 Å². The van der Waals surface area contributed by atoms with Gasteiger partial charge in [0, 0.05) is 6.54 Å². The minimum absolute atomic E-state index is 0.322. The van der Waals surface area contributed by atoms with Crippen molar-refractivity contribution in [3.63, 3.8) is 0 Å². The Morgan fingerprint density at radius 2 is 1.95 bits per heavy atom. The van der Waals surface area contributed by atoms with Gasteiger partial charge in [-0.2, -0.15) is 0 Å². The normalized spacial score (nSPS) is 10.7. The summed E-state index contributed by atoms with van der Waals surface area (Å²) in [5.41, 5.74) is 1.10. The zero-order chi connectivity index (χ0) is 15.2. The molecule has 0 aliphatic heterocycles. The van der Waals surface area contributed by atoms with Crippen molar-refractivity contribution in [1.82, 2.24) is 5.32 Å². The van der Waals surface area contributed by atoms with E-state index in [0.29, 0.717) is 21.0 Å². The molecule has 0 aliphatic carbocycles. The van der Waals surface area contributed by atoms with Gasteiger partial charge in [-0.3, -0.25) is 0 Å². The Balaban J connectivity index is 2.10. The summed E-state index contributed by atoms with van der Waals surface area (Å²) < 4.78 is 19.3. The highest BCUT2D eigenvalue weighted by Gasteiger charge is 2.08. The standard InChI is InChI=1S/C16H16BrClFNO/c1-2-7-20-10-11-3-5-16(14(18)8-11)21-15-6-4-12(19)9-13(15)17/h3-6,8-9,20H,2,7,10H2,1H3. The van der Waals surface area contributed by atoms with E-state index < -0.39 is 0 Å². The quantitative estimate of drug-likeness (QED) is 0.673. The van der Waals surface area contributed by atoms with E-state index in [4.69, 9.17) is 16.3 Å². The zero-order valence-corrected chi connectivity index (χ0v) is 14.0. The molecule has 0 saturated heterocycles. The number of ether oxygens (including phenoxy) is 1. The Kier molecular flexibility index (Phi) is 6.03. The van der Waals surface area contributed by atoms with E-state index in [1.165, 1.54) is 12.1 Å². The van der Waals surface area contributed by atoms with Crippen LogP contribution in [0.3, 0.4) is 0 Å². The molecule has 2 rings (SSSR count). The molecule has 0 aliphatic rings. The van der Waals surface area contributed by atoms with Crippen LogP contribution in [0.2, 0.25) is 5.02 Å². The maximum atomic E-state index is 13.0. The summed E-state index contributed by atoms with van der Waals surface area (Å²) in [7, 11) is 0. The van der Waals surface area contributed by atoms with E-state index in [1.54, 1.807) is 6.07 Å². The highest BCUT2D eigenvalue weighted by Crippen LogP contribution is 2.34. The fourth-order valence-corrected chi connectivity index (χ4v) is 2.50.